The van der Waals surface area contributed by atoms with Crippen molar-refractivity contribution in [1.82, 2.24) is 13.7 Å². The number of nitrogen functional groups attached to an aromatic ring is 1. The van der Waals surface area contributed by atoms with Crippen LogP contribution in [0, 0.1) is 0 Å². The first-order valence-corrected chi connectivity index (χ1v) is 10.5. The maximum Gasteiger partial charge on any atom is 0.330 e. The van der Waals surface area contributed by atoms with Crippen molar-refractivity contribution < 1.29 is 0 Å². The summed E-state index contributed by atoms with van der Waals surface area (Å²) in [7, 11) is 3.18. The summed E-state index contributed by atoms with van der Waals surface area (Å²) in [5, 5.41) is 2.36. The van der Waals surface area contributed by atoms with Gasteiger partial charge in [0.25, 0.3) is 5.56 Å². The predicted octanol–water partition coefficient (Wildman–Crippen LogP) is 4.19. The van der Waals surface area contributed by atoms with Gasteiger partial charge in [-0.15, -0.1) is 0 Å². The second kappa shape index (κ2) is 6.99. The number of nitrogens with zero attached hydrogens (tertiary/aromatic N) is 3. The molecule has 0 amide bonds. The highest BCUT2D eigenvalue weighted by Gasteiger charge is 2.22. The van der Waals surface area contributed by atoms with E-state index in [-0.39, 0.29) is 11.2 Å². The van der Waals surface area contributed by atoms with E-state index in [1.54, 1.807) is 7.05 Å². The Morgan fingerprint density at radius 2 is 1.55 bits per heavy atom. The molecule has 154 valence electrons. The molecule has 3 aromatic carbocycles. The van der Waals surface area contributed by atoms with Gasteiger partial charge in [0.15, 0.2) is 0 Å². The monoisotopic (exact) mass is 474 g/mol. The maximum absolute atomic E-state index is 13.3. The molecule has 7 heteroatoms. The lowest BCUT2D eigenvalue weighted by atomic mass is 10.1. The lowest BCUT2D eigenvalue weighted by molar-refractivity contribution is 0.714. The summed E-state index contributed by atoms with van der Waals surface area (Å²) in [4.78, 5) is 25.9. The van der Waals surface area contributed by atoms with Gasteiger partial charge < -0.3 is 10.3 Å². The van der Waals surface area contributed by atoms with Gasteiger partial charge in [-0.2, -0.15) is 0 Å². The molecule has 6 nitrogen and oxygen atoms in total. The number of aromatic nitrogens is 3. The van der Waals surface area contributed by atoms with Gasteiger partial charge in [-0.05, 0) is 23.6 Å². The number of nitrogens with two attached hydrogens (primary N) is 1. The van der Waals surface area contributed by atoms with Crippen molar-refractivity contribution in [3.8, 4) is 16.9 Å². The van der Waals surface area contributed by atoms with Crippen molar-refractivity contribution in [2.75, 3.05) is 5.73 Å². The zero-order chi connectivity index (χ0) is 21.9. The number of hydrogen-bond acceptors (Lipinski definition) is 3. The normalized spacial score (nSPS) is 11.5. The summed E-state index contributed by atoms with van der Waals surface area (Å²) in [6.45, 7) is 0. The quantitative estimate of drug-likeness (QED) is 0.389. The third-order valence-corrected chi connectivity index (χ3v) is 6.43. The van der Waals surface area contributed by atoms with Crippen molar-refractivity contribution in [2.45, 2.75) is 0 Å². The van der Waals surface area contributed by atoms with Crippen molar-refractivity contribution in [2.24, 2.45) is 14.1 Å². The van der Waals surface area contributed by atoms with E-state index in [4.69, 9.17) is 5.73 Å². The Morgan fingerprint density at radius 3 is 2.29 bits per heavy atom. The summed E-state index contributed by atoms with van der Waals surface area (Å²) in [5.74, 6) is 0. The van der Waals surface area contributed by atoms with E-state index in [9.17, 15) is 9.59 Å². The van der Waals surface area contributed by atoms with Gasteiger partial charge in [-0.3, -0.25) is 13.9 Å². The van der Waals surface area contributed by atoms with Crippen LogP contribution in [-0.2, 0) is 14.1 Å². The largest absolute Gasteiger partial charge is 0.398 e. The van der Waals surface area contributed by atoms with Crippen molar-refractivity contribution in [1.29, 1.82) is 0 Å². The summed E-state index contributed by atoms with van der Waals surface area (Å²) in [5.41, 5.74) is 9.26. The second-order valence-corrected chi connectivity index (χ2v) is 8.37. The van der Waals surface area contributed by atoms with Crippen LogP contribution in [0.5, 0.6) is 0 Å². The first-order valence-electron chi connectivity index (χ1n) is 9.73. The van der Waals surface area contributed by atoms with E-state index in [0.717, 1.165) is 31.1 Å². The lowest BCUT2D eigenvalue weighted by Crippen LogP contribution is -2.36. The Hall–Kier alpha value is -3.58. The van der Waals surface area contributed by atoms with Crippen molar-refractivity contribution >= 4 is 43.3 Å². The average Bonchev–Trinajstić information content (AvgIpc) is 3.17. The summed E-state index contributed by atoms with van der Waals surface area (Å²) < 4.78 is 5.46. The summed E-state index contributed by atoms with van der Waals surface area (Å²) in [6, 6.07) is 19.5. The highest BCUT2D eigenvalue weighted by atomic mass is 79.9. The number of aryl methyl sites for hydroxylation is 1. The maximum atomic E-state index is 13.3. The minimum absolute atomic E-state index is 0.337. The van der Waals surface area contributed by atoms with Crippen LogP contribution in [0.25, 0.3) is 38.6 Å². The molecule has 0 fully saturated rings. The van der Waals surface area contributed by atoms with Crippen LogP contribution in [0.1, 0.15) is 0 Å². The molecular formula is C24H19BrN4O2. The third kappa shape index (κ3) is 2.77. The third-order valence-electron chi connectivity index (χ3n) is 5.74. The van der Waals surface area contributed by atoms with E-state index in [1.807, 2.05) is 71.4 Å². The lowest BCUT2D eigenvalue weighted by Gasteiger charge is -2.15. The zero-order valence-electron chi connectivity index (χ0n) is 17.0. The number of fused-ring (bicyclic) bond motifs is 2. The molecular weight excluding hydrogens is 456 g/mol. The van der Waals surface area contributed by atoms with E-state index in [2.05, 4.69) is 15.9 Å². The smallest absolute Gasteiger partial charge is 0.330 e. The van der Waals surface area contributed by atoms with E-state index < -0.39 is 0 Å². The van der Waals surface area contributed by atoms with Crippen LogP contribution in [0.2, 0.25) is 0 Å². The molecule has 31 heavy (non-hydrogen) atoms. The number of hydrogen-bond donors (Lipinski definition) is 1. The molecule has 0 radical (unpaired) electrons. The fraction of sp³-hybridized carbons (Fsp3) is 0.0833. The van der Waals surface area contributed by atoms with Crippen molar-refractivity contribution in [3.05, 3.63) is 92.2 Å². The van der Waals surface area contributed by atoms with E-state index in [1.165, 1.54) is 11.6 Å². The van der Waals surface area contributed by atoms with Gasteiger partial charge in [-0.1, -0.05) is 58.4 Å². The average molecular weight is 475 g/mol. The molecule has 2 heterocycles. The van der Waals surface area contributed by atoms with Crippen LogP contribution in [-0.4, -0.2) is 13.7 Å². The minimum Gasteiger partial charge on any atom is -0.398 e. The van der Waals surface area contributed by atoms with E-state index in [0.29, 0.717) is 22.3 Å². The van der Waals surface area contributed by atoms with E-state index >= 15 is 0 Å². The van der Waals surface area contributed by atoms with Crippen LogP contribution >= 0.6 is 15.9 Å². The highest BCUT2D eigenvalue weighted by molar-refractivity contribution is 9.10. The van der Waals surface area contributed by atoms with Gasteiger partial charge in [-0.25, -0.2) is 4.79 Å². The highest BCUT2D eigenvalue weighted by Crippen LogP contribution is 2.37. The molecule has 0 bridgehead atoms. The zero-order valence-corrected chi connectivity index (χ0v) is 18.6. The molecule has 0 aliphatic rings. The van der Waals surface area contributed by atoms with Gasteiger partial charge >= 0.3 is 5.69 Å². The predicted molar refractivity (Wildman–Crippen MR) is 129 cm³/mol. The Morgan fingerprint density at radius 1 is 0.839 bits per heavy atom. The number of anilines is 1. The molecule has 5 rings (SSSR count). The first kappa shape index (κ1) is 19.4. The van der Waals surface area contributed by atoms with Crippen LogP contribution < -0.4 is 17.0 Å². The van der Waals surface area contributed by atoms with Gasteiger partial charge in [0, 0.05) is 41.4 Å². The Kier molecular flexibility index (Phi) is 4.37. The SMILES string of the molecule is Cn1c(=O)c2c(-c3ccccc3Br)n(-c3cccc4cccc(N)c34)cc2n(C)c1=O. The summed E-state index contributed by atoms with van der Waals surface area (Å²) in [6.07, 6.45) is 1.84. The van der Waals surface area contributed by atoms with Gasteiger partial charge in [0.05, 0.1) is 22.3 Å². The fourth-order valence-corrected chi connectivity index (χ4v) is 4.67. The number of benzene rings is 3. The number of halogens is 1. The molecule has 0 aliphatic heterocycles. The molecule has 0 aliphatic carbocycles. The second-order valence-electron chi connectivity index (χ2n) is 7.52. The topological polar surface area (TPSA) is 75.0 Å². The molecule has 0 saturated heterocycles. The Balaban J connectivity index is 2.05. The van der Waals surface area contributed by atoms with Crippen LogP contribution in [0.4, 0.5) is 5.69 Å². The first-order chi connectivity index (χ1) is 14.9. The molecule has 0 atom stereocenters. The molecule has 0 spiro atoms. The fourth-order valence-electron chi connectivity index (χ4n) is 4.20. The molecule has 2 aromatic heterocycles. The molecule has 0 unspecified atom stereocenters. The van der Waals surface area contributed by atoms with Crippen LogP contribution in [0.3, 0.4) is 0 Å². The Labute approximate surface area is 185 Å². The van der Waals surface area contributed by atoms with Crippen LogP contribution in [0.15, 0.2) is 80.9 Å². The summed E-state index contributed by atoms with van der Waals surface area (Å²) >= 11 is 3.64. The standard InChI is InChI=1S/C24H19BrN4O2/c1-27-19-13-29(18-12-6-8-14-7-5-11-17(26)20(14)18)22(15-9-3-4-10-16(15)25)21(19)23(30)28(2)24(27)31/h3-13H,26H2,1-2H3. The number of rotatable bonds is 2. The molecule has 2 N–H and O–H groups in total. The van der Waals surface area contributed by atoms with Gasteiger partial charge in [0.1, 0.15) is 0 Å². The molecule has 0 saturated carbocycles. The van der Waals surface area contributed by atoms with Gasteiger partial charge in [0.2, 0.25) is 0 Å². The molecule has 5 aromatic rings. The van der Waals surface area contributed by atoms with Crippen molar-refractivity contribution in [3.63, 3.8) is 0 Å². The Bertz CT molecular complexity index is 1620. The minimum atomic E-state index is -0.370.